The molecule has 0 aromatic heterocycles. The van der Waals surface area contributed by atoms with Crippen molar-refractivity contribution in [2.24, 2.45) is 0 Å². The van der Waals surface area contributed by atoms with Crippen molar-refractivity contribution in [3.63, 3.8) is 0 Å². The van der Waals surface area contributed by atoms with Crippen molar-refractivity contribution in [1.29, 1.82) is 0 Å². The molecule has 0 aliphatic carbocycles. The third kappa shape index (κ3) is 4.74. The van der Waals surface area contributed by atoms with E-state index in [1.54, 1.807) is 6.07 Å². The zero-order valence-corrected chi connectivity index (χ0v) is 16.2. The summed E-state index contributed by atoms with van der Waals surface area (Å²) in [6.07, 6.45) is 1.67. The van der Waals surface area contributed by atoms with Crippen molar-refractivity contribution >= 4 is 11.7 Å². The molecular weight excluding hydrogens is 348 g/mol. The highest BCUT2D eigenvalue weighted by Crippen LogP contribution is 2.41. The number of non-ortho nitro benzene ring substituents is 1. The Balaban J connectivity index is 2.52. The summed E-state index contributed by atoms with van der Waals surface area (Å²) in [4.78, 5) is 23.6. The topological polar surface area (TPSA) is 90.7 Å². The first-order valence-electron chi connectivity index (χ1n) is 8.98. The standard InChI is InChI=1S/C20H26N2O5/c1-5-7-17-13(2)21-14(3)18(20(23)27-11-10-26-4)19(17)15-8-6-9-16(12-15)22(24)25/h6,8-9,12,19,21H,5,7,10-11H2,1-4H3/t19-/m1/s1. The maximum Gasteiger partial charge on any atom is 0.336 e. The Labute approximate surface area is 159 Å². The molecule has 0 saturated heterocycles. The van der Waals surface area contributed by atoms with E-state index in [4.69, 9.17) is 9.47 Å². The van der Waals surface area contributed by atoms with Crippen molar-refractivity contribution in [2.45, 2.75) is 39.5 Å². The van der Waals surface area contributed by atoms with Crippen LogP contribution < -0.4 is 5.32 Å². The number of dihydropyridines is 1. The molecule has 1 aliphatic rings. The summed E-state index contributed by atoms with van der Waals surface area (Å²) < 4.78 is 10.3. The summed E-state index contributed by atoms with van der Waals surface area (Å²) in [7, 11) is 1.54. The zero-order chi connectivity index (χ0) is 20.0. The Morgan fingerprint density at radius 1 is 1.26 bits per heavy atom. The predicted molar refractivity (Wildman–Crippen MR) is 102 cm³/mol. The lowest BCUT2D eigenvalue weighted by molar-refractivity contribution is -0.384. The van der Waals surface area contributed by atoms with E-state index >= 15 is 0 Å². The fourth-order valence-corrected chi connectivity index (χ4v) is 3.39. The van der Waals surface area contributed by atoms with E-state index < -0.39 is 10.9 Å². The van der Waals surface area contributed by atoms with Gasteiger partial charge in [-0.2, -0.15) is 0 Å². The average molecular weight is 374 g/mol. The van der Waals surface area contributed by atoms with Crippen LogP contribution in [0.25, 0.3) is 0 Å². The summed E-state index contributed by atoms with van der Waals surface area (Å²) >= 11 is 0. The third-order valence-electron chi connectivity index (χ3n) is 4.57. The Hall–Kier alpha value is -2.67. The molecule has 1 N–H and O–H groups in total. The minimum absolute atomic E-state index is 0.00397. The van der Waals surface area contributed by atoms with E-state index in [1.807, 2.05) is 19.9 Å². The smallest absolute Gasteiger partial charge is 0.336 e. The number of hydrogen-bond acceptors (Lipinski definition) is 6. The molecule has 1 heterocycles. The number of nitrogens with one attached hydrogen (secondary N) is 1. The predicted octanol–water partition coefficient (Wildman–Crippen LogP) is 3.82. The van der Waals surface area contributed by atoms with Gasteiger partial charge in [0.2, 0.25) is 0 Å². The number of methoxy groups -OCH3 is 1. The summed E-state index contributed by atoms with van der Waals surface area (Å²) in [5.41, 5.74) is 3.92. The van der Waals surface area contributed by atoms with Crippen molar-refractivity contribution in [1.82, 2.24) is 5.32 Å². The van der Waals surface area contributed by atoms with Crippen LogP contribution >= 0.6 is 0 Å². The monoisotopic (exact) mass is 374 g/mol. The third-order valence-corrected chi connectivity index (χ3v) is 4.57. The number of carbonyl (C=O) groups is 1. The molecule has 1 aromatic carbocycles. The van der Waals surface area contributed by atoms with Crippen molar-refractivity contribution in [2.75, 3.05) is 20.3 Å². The molecule has 0 bridgehead atoms. The molecule has 1 atom stereocenters. The second-order valence-electron chi connectivity index (χ2n) is 6.48. The number of rotatable bonds is 8. The summed E-state index contributed by atoms with van der Waals surface area (Å²) in [5, 5.41) is 14.5. The number of ether oxygens (including phenoxy) is 2. The molecule has 0 unspecified atom stereocenters. The lowest BCUT2D eigenvalue weighted by atomic mass is 9.78. The highest BCUT2D eigenvalue weighted by atomic mass is 16.6. The van der Waals surface area contributed by atoms with Crippen molar-refractivity contribution in [3.8, 4) is 0 Å². The van der Waals surface area contributed by atoms with Crippen LogP contribution in [0.2, 0.25) is 0 Å². The van der Waals surface area contributed by atoms with Crippen LogP contribution in [0, 0.1) is 10.1 Å². The number of nitrogens with zero attached hydrogens (tertiary/aromatic N) is 1. The Morgan fingerprint density at radius 2 is 2.00 bits per heavy atom. The number of nitro groups is 1. The Morgan fingerprint density at radius 3 is 2.63 bits per heavy atom. The lowest BCUT2D eigenvalue weighted by Gasteiger charge is -2.31. The first-order chi connectivity index (χ1) is 12.9. The van der Waals surface area contributed by atoms with Crippen LogP contribution in [0.1, 0.15) is 45.1 Å². The summed E-state index contributed by atoms with van der Waals surface area (Å²) in [5.74, 6) is -0.809. The largest absolute Gasteiger partial charge is 0.460 e. The Bertz CT molecular complexity index is 782. The molecular formula is C20H26N2O5. The zero-order valence-electron chi connectivity index (χ0n) is 16.2. The Kier molecular flexibility index (Phi) is 7.12. The van der Waals surface area contributed by atoms with Gasteiger partial charge in [-0.3, -0.25) is 10.1 Å². The van der Waals surface area contributed by atoms with Crippen molar-refractivity contribution < 1.29 is 19.2 Å². The molecule has 0 radical (unpaired) electrons. The van der Waals surface area contributed by atoms with Crippen LogP contribution in [-0.4, -0.2) is 31.2 Å². The molecule has 146 valence electrons. The fourth-order valence-electron chi connectivity index (χ4n) is 3.39. The molecule has 1 aliphatic heterocycles. The van der Waals surface area contributed by atoms with Gasteiger partial charge in [0.1, 0.15) is 6.61 Å². The molecule has 27 heavy (non-hydrogen) atoms. The van der Waals surface area contributed by atoms with Crippen LogP contribution in [0.15, 0.2) is 46.8 Å². The van der Waals surface area contributed by atoms with E-state index in [1.165, 1.54) is 19.2 Å². The van der Waals surface area contributed by atoms with Crippen LogP contribution in [0.4, 0.5) is 5.69 Å². The first-order valence-corrected chi connectivity index (χ1v) is 8.98. The maximum atomic E-state index is 12.8. The number of esters is 1. The number of hydrogen-bond donors (Lipinski definition) is 1. The van der Waals surface area contributed by atoms with Gasteiger partial charge in [0.15, 0.2) is 0 Å². The quantitative estimate of drug-likeness (QED) is 0.322. The van der Waals surface area contributed by atoms with Gasteiger partial charge >= 0.3 is 5.97 Å². The van der Waals surface area contributed by atoms with E-state index in [2.05, 4.69) is 12.2 Å². The second-order valence-corrected chi connectivity index (χ2v) is 6.48. The van der Waals surface area contributed by atoms with E-state index in [0.717, 1.165) is 24.1 Å². The SMILES string of the molecule is CCCC1=C(C)NC(C)=C(C(=O)OCCOC)[C@@H]1c1cccc([N+](=O)[O-])c1. The van der Waals surface area contributed by atoms with Crippen LogP contribution in [0.3, 0.4) is 0 Å². The van der Waals surface area contributed by atoms with Crippen molar-refractivity contribution in [3.05, 3.63) is 62.5 Å². The molecule has 2 rings (SSSR count). The first kappa shape index (κ1) is 20.6. The lowest BCUT2D eigenvalue weighted by Crippen LogP contribution is -2.29. The van der Waals surface area contributed by atoms with Gasteiger partial charge in [0.05, 0.1) is 17.1 Å². The van der Waals surface area contributed by atoms with E-state index in [-0.39, 0.29) is 18.2 Å². The molecule has 1 aromatic rings. The molecule has 7 nitrogen and oxygen atoms in total. The number of benzene rings is 1. The van der Waals surface area contributed by atoms with Gasteiger partial charge in [0, 0.05) is 36.6 Å². The maximum absolute atomic E-state index is 12.8. The molecule has 7 heteroatoms. The number of allylic oxidation sites excluding steroid dienone is 3. The normalized spacial score (nSPS) is 17.0. The van der Waals surface area contributed by atoms with Gasteiger partial charge < -0.3 is 14.8 Å². The highest BCUT2D eigenvalue weighted by molar-refractivity contribution is 5.92. The second kappa shape index (κ2) is 9.32. The van der Waals surface area contributed by atoms with Gasteiger partial charge in [-0.25, -0.2) is 4.79 Å². The molecule has 0 fully saturated rings. The average Bonchev–Trinajstić information content (AvgIpc) is 2.63. The van der Waals surface area contributed by atoms with Crippen LogP contribution in [-0.2, 0) is 14.3 Å². The summed E-state index contributed by atoms with van der Waals surface area (Å²) in [6.45, 7) is 6.31. The summed E-state index contributed by atoms with van der Waals surface area (Å²) in [6, 6.07) is 6.46. The van der Waals surface area contributed by atoms with Gasteiger partial charge in [-0.05, 0) is 31.4 Å². The van der Waals surface area contributed by atoms with E-state index in [9.17, 15) is 14.9 Å². The minimum atomic E-state index is -0.436. The molecule has 0 amide bonds. The fraction of sp³-hybridized carbons (Fsp3) is 0.450. The highest BCUT2D eigenvalue weighted by Gasteiger charge is 2.34. The molecule has 0 saturated carbocycles. The number of nitro benzene ring substituents is 1. The van der Waals surface area contributed by atoms with Gasteiger partial charge in [0.25, 0.3) is 5.69 Å². The van der Waals surface area contributed by atoms with Crippen LogP contribution in [0.5, 0.6) is 0 Å². The van der Waals surface area contributed by atoms with E-state index in [0.29, 0.717) is 23.4 Å². The van der Waals surface area contributed by atoms with Gasteiger partial charge in [-0.15, -0.1) is 0 Å². The number of carbonyl (C=O) groups excluding carboxylic acids is 1. The van der Waals surface area contributed by atoms with Gasteiger partial charge in [-0.1, -0.05) is 25.5 Å². The molecule has 0 spiro atoms. The minimum Gasteiger partial charge on any atom is -0.460 e.